The number of fused-ring (bicyclic) bond motifs is 3. The molecule has 0 N–H and O–H groups in total. The molecule has 0 nitrogen and oxygen atoms in total. The Bertz CT molecular complexity index is 1810. The van der Waals surface area contributed by atoms with Gasteiger partial charge in [-0.05, 0) is 52.6 Å². The average Bonchev–Trinajstić information content (AvgIpc) is 3.42. The van der Waals surface area contributed by atoms with Crippen molar-refractivity contribution in [1.82, 2.24) is 0 Å². The summed E-state index contributed by atoms with van der Waals surface area (Å²) in [5.41, 5.74) is 2.76. The monoisotopic (exact) mass is 592 g/mol. The van der Waals surface area contributed by atoms with Crippen LogP contribution in [0.25, 0.3) is 11.1 Å². The van der Waals surface area contributed by atoms with Crippen molar-refractivity contribution in [3.63, 3.8) is 0 Å². The van der Waals surface area contributed by atoms with Gasteiger partial charge in [-0.25, -0.2) is 0 Å². The normalized spacial score (nSPS) is 13.2. The minimum absolute atomic E-state index is 1.38. The van der Waals surface area contributed by atoms with Crippen LogP contribution in [0.3, 0.4) is 0 Å². The summed E-state index contributed by atoms with van der Waals surface area (Å²) in [6, 6.07) is 73.0. The van der Waals surface area contributed by atoms with Crippen molar-refractivity contribution >= 4 is 57.6 Å². The summed E-state index contributed by atoms with van der Waals surface area (Å²) in [6.07, 6.45) is 0. The molecule has 0 saturated heterocycles. The standard InChI is InChI=1S/C42H32Si2/c1-5-17-33(18-6-1)43(34-19-7-2-8-20-34,35-21-9-3-10-22-35)37-29-31-38(32-30-37)44(36-23-11-4-12-24-36)41-27-15-13-25-39(41)40-26-14-16-28-42(40)44/h1-32H. The molecule has 0 saturated carbocycles. The maximum absolute atomic E-state index is 2.59. The van der Waals surface area contributed by atoms with Gasteiger partial charge in [0.2, 0.25) is 0 Å². The molecule has 1 aliphatic rings. The second-order valence-corrected chi connectivity index (χ2v) is 19.2. The van der Waals surface area contributed by atoms with E-state index in [0.29, 0.717) is 0 Å². The summed E-state index contributed by atoms with van der Waals surface area (Å²) < 4.78 is 0. The highest BCUT2D eigenvalue weighted by atomic mass is 28.3. The first-order valence-electron chi connectivity index (χ1n) is 15.4. The lowest BCUT2D eigenvalue weighted by Gasteiger charge is -2.35. The molecule has 0 atom stereocenters. The Balaban J connectivity index is 1.42. The zero-order valence-corrected chi connectivity index (χ0v) is 26.5. The van der Waals surface area contributed by atoms with E-state index in [9.17, 15) is 0 Å². The van der Waals surface area contributed by atoms with Gasteiger partial charge in [-0.2, -0.15) is 0 Å². The van der Waals surface area contributed by atoms with Crippen LogP contribution >= 0.6 is 0 Å². The van der Waals surface area contributed by atoms with E-state index in [2.05, 4.69) is 194 Å². The predicted molar refractivity (Wildman–Crippen MR) is 193 cm³/mol. The lowest BCUT2D eigenvalue weighted by Crippen LogP contribution is -2.75. The Morgan fingerprint density at radius 1 is 0.273 bits per heavy atom. The van der Waals surface area contributed by atoms with Gasteiger partial charge in [0.1, 0.15) is 0 Å². The average molecular weight is 593 g/mol. The maximum atomic E-state index is 2.48. The summed E-state index contributed by atoms with van der Waals surface area (Å²) in [5.74, 6) is 0. The Labute approximate surface area is 262 Å². The SMILES string of the molecule is c1ccc([Si](c2ccccc2)(c2ccccc2)c2ccc([Si]3(c4ccccc4)c4ccccc4-c4ccccc43)cc2)cc1. The Hall–Kier alpha value is -5.03. The zero-order valence-electron chi connectivity index (χ0n) is 24.5. The molecule has 0 bridgehead atoms. The van der Waals surface area contributed by atoms with E-state index in [1.807, 2.05) is 0 Å². The number of benzene rings is 7. The lowest BCUT2D eigenvalue weighted by molar-refractivity contribution is 1.66. The van der Waals surface area contributed by atoms with Gasteiger partial charge in [0.05, 0.1) is 0 Å². The lowest BCUT2D eigenvalue weighted by atomic mass is 10.1. The van der Waals surface area contributed by atoms with E-state index >= 15 is 0 Å². The summed E-state index contributed by atoms with van der Waals surface area (Å²) in [4.78, 5) is 0. The molecule has 1 aliphatic heterocycles. The number of rotatable bonds is 6. The van der Waals surface area contributed by atoms with E-state index < -0.39 is 16.1 Å². The van der Waals surface area contributed by atoms with Gasteiger partial charge in [-0.15, -0.1) is 0 Å². The van der Waals surface area contributed by atoms with Crippen molar-refractivity contribution in [1.29, 1.82) is 0 Å². The molecule has 208 valence electrons. The molecule has 0 radical (unpaired) electrons. The van der Waals surface area contributed by atoms with E-state index in [0.717, 1.165) is 0 Å². The number of hydrogen-bond donors (Lipinski definition) is 0. The topological polar surface area (TPSA) is 0 Å². The maximum Gasteiger partial charge on any atom is 0.180 e. The molecule has 0 spiro atoms. The van der Waals surface area contributed by atoms with Crippen LogP contribution in [0.15, 0.2) is 194 Å². The fraction of sp³-hybridized carbons (Fsp3) is 0. The van der Waals surface area contributed by atoms with E-state index in [1.165, 1.54) is 52.6 Å². The highest BCUT2D eigenvalue weighted by molar-refractivity contribution is 7.22. The Kier molecular flexibility index (Phi) is 6.59. The summed E-state index contributed by atoms with van der Waals surface area (Å²) in [7, 11) is -5.12. The van der Waals surface area contributed by atoms with Crippen LogP contribution < -0.4 is 41.5 Å². The minimum atomic E-state index is -2.59. The van der Waals surface area contributed by atoms with Crippen molar-refractivity contribution < 1.29 is 0 Å². The molecule has 0 aliphatic carbocycles. The van der Waals surface area contributed by atoms with Gasteiger partial charge in [0.15, 0.2) is 16.1 Å². The van der Waals surface area contributed by atoms with Crippen LogP contribution in [0.1, 0.15) is 0 Å². The zero-order chi connectivity index (χ0) is 29.4. The third kappa shape index (κ3) is 3.89. The second-order valence-electron chi connectivity index (χ2n) is 11.6. The first-order valence-corrected chi connectivity index (χ1v) is 19.4. The van der Waals surface area contributed by atoms with Crippen LogP contribution in [0.5, 0.6) is 0 Å². The van der Waals surface area contributed by atoms with Crippen LogP contribution in [0.2, 0.25) is 0 Å². The Morgan fingerprint density at radius 3 is 1.02 bits per heavy atom. The number of hydrogen-bond acceptors (Lipinski definition) is 0. The molecule has 0 unspecified atom stereocenters. The van der Waals surface area contributed by atoms with E-state index in [4.69, 9.17) is 0 Å². The van der Waals surface area contributed by atoms with Crippen LogP contribution in [-0.2, 0) is 0 Å². The van der Waals surface area contributed by atoms with Gasteiger partial charge in [0, 0.05) is 0 Å². The minimum Gasteiger partial charge on any atom is -0.0623 e. The molecule has 2 heteroatoms. The van der Waals surface area contributed by atoms with Gasteiger partial charge < -0.3 is 0 Å². The fourth-order valence-corrected chi connectivity index (χ4v) is 17.7. The third-order valence-corrected chi connectivity index (χ3v) is 19.2. The van der Waals surface area contributed by atoms with Crippen molar-refractivity contribution in [2.45, 2.75) is 0 Å². The van der Waals surface area contributed by atoms with Gasteiger partial charge >= 0.3 is 0 Å². The van der Waals surface area contributed by atoms with Crippen LogP contribution in [-0.4, -0.2) is 16.1 Å². The molecular formula is C42H32Si2. The van der Waals surface area contributed by atoms with Gasteiger partial charge in [-0.3, -0.25) is 0 Å². The molecule has 0 amide bonds. The molecule has 0 aromatic heterocycles. The van der Waals surface area contributed by atoms with Crippen molar-refractivity contribution in [2.24, 2.45) is 0 Å². The molecular weight excluding hydrogens is 561 g/mol. The quantitative estimate of drug-likeness (QED) is 0.198. The van der Waals surface area contributed by atoms with Gasteiger partial charge in [-0.1, -0.05) is 194 Å². The molecule has 7 aromatic carbocycles. The summed E-state index contributed by atoms with van der Waals surface area (Å²) in [5, 5.41) is 11.4. The summed E-state index contributed by atoms with van der Waals surface area (Å²) >= 11 is 0. The first kappa shape index (κ1) is 26.6. The smallest absolute Gasteiger partial charge is 0.0623 e. The van der Waals surface area contributed by atoms with Gasteiger partial charge in [0.25, 0.3) is 0 Å². The van der Waals surface area contributed by atoms with Crippen LogP contribution in [0.4, 0.5) is 0 Å². The largest absolute Gasteiger partial charge is 0.180 e. The highest BCUT2D eigenvalue weighted by Crippen LogP contribution is 2.28. The second kappa shape index (κ2) is 10.9. The Morgan fingerprint density at radius 2 is 0.591 bits per heavy atom. The van der Waals surface area contributed by atoms with E-state index in [-0.39, 0.29) is 0 Å². The molecule has 7 aromatic rings. The predicted octanol–water partition coefficient (Wildman–Crippen LogP) is 4.42. The van der Waals surface area contributed by atoms with Crippen molar-refractivity contribution in [3.8, 4) is 11.1 Å². The summed E-state index contributed by atoms with van der Waals surface area (Å²) in [6.45, 7) is 0. The fourth-order valence-electron chi connectivity index (χ4n) is 7.75. The first-order chi connectivity index (χ1) is 21.8. The molecule has 1 heterocycles. The van der Waals surface area contributed by atoms with Crippen molar-refractivity contribution in [3.05, 3.63) is 194 Å². The van der Waals surface area contributed by atoms with Crippen molar-refractivity contribution in [2.75, 3.05) is 0 Å². The molecule has 8 rings (SSSR count). The molecule has 44 heavy (non-hydrogen) atoms. The highest BCUT2D eigenvalue weighted by Gasteiger charge is 2.49. The molecule has 0 fully saturated rings. The third-order valence-electron chi connectivity index (χ3n) is 9.53. The van der Waals surface area contributed by atoms with Crippen LogP contribution in [0, 0.1) is 0 Å². The van der Waals surface area contributed by atoms with E-state index in [1.54, 1.807) is 0 Å².